The number of rotatable bonds is 8. The van der Waals surface area contributed by atoms with Gasteiger partial charge in [-0.15, -0.1) is 0 Å². The van der Waals surface area contributed by atoms with Crippen molar-refractivity contribution in [2.45, 2.75) is 31.7 Å². The summed E-state index contributed by atoms with van der Waals surface area (Å²) in [5, 5.41) is 0. The molecule has 84 valence electrons. The van der Waals surface area contributed by atoms with Gasteiger partial charge in [0, 0.05) is 12.6 Å². The Morgan fingerprint density at radius 2 is 2.14 bits per heavy atom. The van der Waals surface area contributed by atoms with Crippen LogP contribution in [-0.4, -0.2) is 43.1 Å². The number of hydrogen-bond donors (Lipinski definition) is 1. The second-order valence-corrected chi connectivity index (χ2v) is 5.31. The van der Waals surface area contributed by atoms with Crippen molar-refractivity contribution in [2.24, 2.45) is 11.7 Å². The van der Waals surface area contributed by atoms with Crippen molar-refractivity contribution in [1.82, 2.24) is 4.90 Å². The van der Waals surface area contributed by atoms with Gasteiger partial charge in [-0.25, -0.2) is 0 Å². The van der Waals surface area contributed by atoms with Crippen LogP contribution in [-0.2, 0) is 0 Å². The molecule has 1 atom stereocenters. The predicted molar refractivity (Wildman–Crippen MR) is 65.8 cm³/mol. The van der Waals surface area contributed by atoms with Crippen LogP contribution in [0.1, 0.15) is 25.7 Å². The smallest absolute Gasteiger partial charge is 0.0243 e. The van der Waals surface area contributed by atoms with E-state index in [1.54, 1.807) is 0 Å². The van der Waals surface area contributed by atoms with Gasteiger partial charge in [0.05, 0.1) is 0 Å². The van der Waals surface area contributed by atoms with Crippen LogP contribution in [0.3, 0.4) is 0 Å². The van der Waals surface area contributed by atoms with Crippen LogP contribution in [0, 0.1) is 5.92 Å². The Morgan fingerprint density at radius 3 is 2.64 bits per heavy atom. The summed E-state index contributed by atoms with van der Waals surface area (Å²) < 4.78 is 0. The van der Waals surface area contributed by atoms with Crippen molar-refractivity contribution in [2.75, 3.05) is 32.1 Å². The lowest BCUT2D eigenvalue weighted by atomic mass is 10.1. The quantitative estimate of drug-likeness (QED) is 0.627. The Labute approximate surface area is 92.6 Å². The molecule has 0 bridgehead atoms. The van der Waals surface area contributed by atoms with E-state index in [1.165, 1.54) is 38.0 Å². The molecule has 1 aliphatic carbocycles. The molecule has 0 saturated heterocycles. The molecule has 1 saturated carbocycles. The third-order valence-corrected chi connectivity index (χ3v) is 3.78. The van der Waals surface area contributed by atoms with Crippen LogP contribution >= 0.6 is 11.8 Å². The van der Waals surface area contributed by atoms with Gasteiger partial charge in [0.2, 0.25) is 0 Å². The lowest BCUT2D eigenvalue weighted by molar-refractivity contribution is 0.221. The average molecular weight is 216 g/mol. The maximum absolute atomic E-state index is 5.80. The summed E-state index contributed by atoms with van der Waals surface area (Å²) in [7, 11) is 2.23. The van der Waals surface area contributed by atoms with Gasteiger partial charge < -0.3 is 10.6 Å². The minimum Gasteiger partial charge on any atom is -0.329 e. The number of nitrogens with two attached hydrogens (primary N) is 1. The van der Waals surface area contributed by atoms with Crippen molar-refractivity contribution >= 4 is 11.8 Å². The molecule has 14 heavy (non-hydrogen) atoms. The number of likely N-dealkylation sites (N-methyl/N-ethyl adjacent to an activating group) is 1. The summed E-state index contributed by atoms with van der Waals surface area (Å²) in [6.07, 6.45) is 7.64. The number of thioether (sulfide) groups is 1. The van der Waals surface area contributed by atoms with Crippen LogP contribution < -0.4 is 5.73 Å². The lowest BCUT2D eigenvalue weighted by Crippen LogP contribution is -2.40. The van der Waals surface area contributed by atoms with E-state index in [9.17, 15) is 0 Å². The van der Waals surface area contributed by atoms with E-state index in [4.69, 9.17) is 5.73 Å². The highest BCUT2D eigenvalue weighted by Crippen LogP contribution is 2.34. The Hall–Kier alpha value is 0.270. The van der Waals surface area contributed by atoms with Crippen LogP contribution in [0.15, 0.2) is 0 Å². The fourth-order valence-electron chi connectivity index (χ4n) is 1.99. The highest BCUT2D eigenvalue weighted by Gasteiger charge is 2.32. The summed E-state index contributed by atoms with van der Waals surface area (Å²) in [6.45, 7) is 2.06. The van der Waals surface area contributed by atoms with Gasteiger partial charge in [0.15, 0.2) is 0 Å². The maximum atomic E-state index is 5.80. The van der Waals surface area contributed by atoms with Crippen molar-refractivity contribution in [3.8, 4) is 0 Å². The summed E-state index contributed by atoms with van der Waals surface area (Å²) in [4.78, 5) is 2.47. The first-order chi connectivity index (χ1) is 6.79. The van der Waals surface area contributed by atoms with E-state index in [0.29, 0.717) is 6.04 Å². The van der Waals surface area contributed by atoms with Crippen LogP contribution in [0.4, 0.5) is 0 Å². The molecule has 2 N–H and O–H groups in total. The predicted octanol–water partition coefficient (Wildman–Crippen LogP) is 1.80. The molecule has 0 amide bonds. The van der Waals surface area contributed by atoms with Crippen molar-refractivity contribution in [1.29, 1.82) is 0 Å². The van der Waals surface area contributed by atoms with Gasteiger partial charge in [-0.05, 0) is 57.2 Å². The molecule has 1 aliphatic rings. The SMILES string of the molecule is CSCCCCN(C)C(CN)C1CC1. The molecule has 0 aromatic carbocycles. The van der Waals surface area contributed by atoms with E-state index in [0.717, 1.165) is 12.5 Å². The highest BCUT2D eigenvalue weighted by molar-refractivity contribution is 7.98. The molecular weight excluding hydrogens is 192 g/mol. The first-order valence-corrected chi connectivity index (χ1v) is 7.08. The lowest BCUT2D eigenvalue weighted by Gasteiger charge is -2.26. The first-order valence-electron chi connectivity index (χ1n) is 5.68. The van der Waals surface area contributed by atoms with Crippen molar-refractivity contribution in [3.63, 3.8) is 0 Å². The summed E-state index contributed by atoms with van der Waals surface area (Å²) >= 11 is 1.94. The maximum Gasteiger partial charge on any atom is 0.0243 e. The molecule has 0 aromatic rings. The zero-order valence-electron chi connectivity index (χ0n) is 9.54. The molecule has 1 fully saturated rings. The number of nitrogens with zero attached hydrogens (tertiary/aromatic N) is 1. The van der Waals surface area contributed by atoms with Gasteiger partial charge in [0.25, 0.3) is 0 Å². The molecule has 0 spiro atoms. The third-order valence-electron chi connectivity index (χ3n) is 3.08. The van der Waals surface area contributed by atoms with Crippen LogP contribution in [0.2, 0.25) is 0 Å². The van der Waals surface area contributed by atoms with E-state index < -0.39 is 0 Å². The van der Waals surface area contributed by atoms with Gasteiger partial charge in [-0.3, -0.25) is 0 Å². The molecule has 0 aromatic heterocycles. The summed E-state index contributed by atoms with van der Waals surface area (Å²) in [5.41, 5.74) is 5.80. The summed E-state index contributed by atoms with van der Waals surface area (Å²) in [5.74, 6) is 2.20. The molecule has 0 heterocycles. The minimum atomic E-state index is 0.657. The van der Waals surface area contributed by atoms with E-state index >= 15 is 0 Å². The van der Waals surface area contributed by atoms with E-state index in [1.807, 2.05) is 11.8 Å². The Morgan fingerprint density at radius 1 is 1.43 bits per heavy atom. The minimum absolute atomic E-state index is 0.657. The molecule has 2 nitrogen and oxygen atoms in total. The molecule has 1 rings (SSSR count). The van der Waals surface area contributed by atoms with E-state index in [2.05, 4.69) is 18.2 Å². The van der Waals surface area contributed by atoms with Crippen molar-refractivity contribution in [3.05, 3.63) is 0 Å². The fourth-order valence-corrected chi connectivity index (χ4v) is 2.48. The molecule has 1 unspecified atom stereocenters. The Bertz CT molecular complexity index is 148. The van der Waals surface area contributed by atoms with E-state index in [-0.39, 0.29) is 0 Å². The average Bonchev–Trinajstić information content (AvgIpc) is 2.98. The van der Waals surface area contributed by atoms with Crippen molar-refractivity contribution < 1.29 is 0 Å². The number of unbranched alkanes of at least 4 members (excludes halogenated alkanes) is 1. The Balaban J connectivity index is 2.08. The van der Waals surface area contributed by atoms with Gasteiger partial charge in [0.1, 0.15) is 0 Å². The highest BCUT2D eigenvalue weighted by atomic mass is 32.2. The molecule has 0 aliphatic heterocycles. The molecule has 3 heteroatoms. The fraction of sp³-hybridized carbons (Fsp3) is 1.00. The monoisotopic (exact) mass is 216 g/mol. The third kappa shape index (κ3) is 4.20. The topological polar surface area (TPSA) is 29.3 Å². The Kier molecular flexibility index (Phi) is 5.90. The van der Waals surface area contributed by atoms with Crippen LogP contribution in [0.5, 0.6) is 0 Å². The normalized spacial score (nSPS) is 18.9. The van der Waals surface area contributed by atoms with Gasteiger partial charge in [-0.2, -0.15) is 11.8 Å². The second kappa shape index (κ2) is 6.70. The zero-order valence-corrected chi connectivity index (χ0v) is 10.4. The summed E-state index contributed by atoms with van der Waals surface area (Å²) in [6, 6.07) is 0.657. The zero-order chi connectivity index (χ0) is 10.4. The molecular formula is C11H24N2S. The van der Waals surface area contributed by atoms with Gasteiger partial charge >= 0.3 is 0 Å². The second-order valence-electron chi connectivity index (χ2n) is 4.32. The van der Waals surface area contributed by atoms with Gasteiger partial charge in [-0.1, -0.05) is 0 Å². The standard InChI is InChI=1S/C11H24N2S/c1-13(7-3-4-8-14-2)11(9-12)10-5-6-10/h10-11H,3-9,12H2,1-2H3. The van der Waals surface area contributed by atoms with Crippen LogP contribution in [0.25, 0.3) is 0 Å². The largest absolute Gasteiger partial charge is 0.329 e. The molecule has 0 radical (unpaired) electrons. The number of hydrogen-bond acceptors (Lipinski definition) is 3. The first kappa shape index (κ1) is 12.3.